The van der Waals surface area contributed by atoms with Gasteiger partial charge in [0.2, 0.25) is 5.91 Å². The summed E-state index contributed by atoms with van der Waals surface area (Å²) < 4.78 is 22.8. The highest BCUT2D eigenvalue weighted by molar-refractivity contribution is 5.76. The van der Waals surface area contributed by atoms with Gasteiger partial charge < -0.3 is 65.1 Å². The van der Waals surface area contributed by atoms with E-state index < -0.39 is 86.8 Å². The number of nitrogens with one attached hydrogen (secondary N) is 1. The number of carbonyl (C=O) groups excluding carboxylic acids is 1. The minimum Gasteiger partial charge on any atom is -0.394 e. The molecule has 14 heteroatoms. The van der Waals surface area contributed by atoms with Gasteiger partial charge in [-0.15, -0.1) is 0 Å². The Kier molecular flexibility index (Phi) is 44.6. The van der Waals surface area contributed by atoms with Crippen LogP contribution in [0.3, 0.4) is 0 Å². The molecule has 0 spiro atoms. The maximum atomic E-state index is 13.2. The number of rotatable bonds is 48. The summed E-state index contributed by atoms with van der Waals surface area (Å²) in [5.41, 5.74) is 0. The topological polar surface area (TPSA) is 228 Å². The first kappa shape index (κ1) is 71.3. The molecule has 12 atom stereocenters. The first-order chi connectivity index (χ1) is 38.1. The number of unbranched alkanes of at least 4 members (excludes halogenated alkanes) is 21. The van der Waals surface area contributed by atoms with E-state index in [-0.39, 0.29) is 12.5 Å². The third kappa shape index (κ3) is 33.8. The fraction of sp³-hybridized carbons (Fsp3) is 0.766. The SMILES string of the molecule is CC/C=C\C/C=C\C/C=C\C/C=C\C/C=C\C/C=C\C/C=C\CCCCCCCCCCCCCCCC(=O)NC(COC1OC(CO)C(OC2OC(CO)C(O)C(O)C2O)C(O)C1O)C(O)CCCCCCCCCCC. The second-order valence-corrected chi connectivity index (χ2v) is 21.5. The highest BCUT2D eigenvalue weighted by atomic mass is 16.7. The molecule has 2 aliphatic heterocycles. The van der Waals surface area contributed by atoms with Crippen molar-refractivity contribution in [3.8, 4) is 0 Å². The minimum absolute atomic E-state index is 0.214. The molecule has 0 aliphatic carbocycles. The van der Waals surface area contributed by atoms with Crippen molar-refractivity contribution in [3.63, 3.8) is 0 Å². The number of allylic oxidation sites excluding steroid dienone is 14. The van der Waals surface area contributed by atoms with Crippen LogP contribution < -0.4 is 5.32 Å². The molecule has 450 valence electrons. The quantitative estimate of drug-likeness (QED) is 0.0204. The van der Waals surface area contributed by atoms with Gasteiger partial charge in [0.25, 0.3) is 0 Å². The summed E-state index contributed by atoms with van der Waals surface area (Å²) in [4.78, 5) is 13.2. The van der Waals surface area contributed by atoms with Crippen molar-refractivity contribution in [2.24, 2.45) is 0 Å². The summed E-state index contributed by atoms with van der Waals surface area (Å²) in [6.07, 6.45) is 49.0. The van der Waals surface area contributed by atoms with Crippen molar-refractivity contribution in [1.82, 2.24) is 5.32 Å². The van der Waals surface area contributed by atoms with Crippen LogP contribution in [-0.2, 0) is 23.7 Å². The highest BCUT2D eigenvalue weighted by Crippen LogP contribution is 2.30. The second kappa shape index (κ2) is 48.8. The molecule has 2 rings (SSSR count). The van der Waals surface area contributed by atoms with Crippen molar-refractivity contribution >= 4 is 5.91 Å². The lowest BCUT2D eigenvalue weighted by Gasteiger charge is -2.46. The number of hydrogen-bond acceptors (Lipinski definition) is 13. The maximum Gasteiger partial charge on any atom is 0.220 e. The average Bonchev–Trinajstić information content (AvgIpc) is 3.44. The second-order valence-electron chi connectivity index (χ2n) is 21.5. The Bertz CT molecular complexity index is 1630. The molecule has 0 bridgehead atoms. The Balaban J connectivity index is 1.60. The van der Waals surface area contributed by atoms with Crippen LogP contribution >= 0.6 is 0 Å². The molecule has 0 radical (unpaired) electrons. The van der Waals surface area contributed by atoms with E-state index in [0.29, 0.717) is 12.8 Å². The predicted octanol–water partition coefficient (Wildman–Crippen LogP) is 10.9. The van der Waals surface area contributed by atoms with Crippen molar-refractivity contribution < 1.29 is 64.6 Å². The zero-order valence-electron chi connectivity index (χ0n) is 48.4. The average molecular weight is 1100 g/mol. The summed E-state index contributed by atoms with van der Waals surface area (Å²) in [5, 5.41) is 87.0. The van der Waals surface area contributed by atoms with E-state index in [2.05, 4.69) is 104 Å². The van der Waals surface area contributed by atoms with Crippen molar-refractivity contribution in [3.05, 3.63) is 85.1 Å². The molecule has 2 aliphatic rings. The van der Waals surface area contributed by atoms with E-state index in [4.69, 9.17) is 18.9 Å². The van der Waals surface area contributed by atoms with Crippen molar-refractivity contribution in [2.75, 3.05) is 19.8 Å². The molecule has 0 aromatic rings. The molecular formula is C64H111NO13. The van der Waals surface area contributed by atoms with Crippen LogP contribution in [0.1, 0.15) is 219 Å². The molecule has 2 fully saturated rings. The number of aliphatic hydroxyl groups is 8. The van der Waals surface area contributed by atoms with Crippen LogP contribution in [0.15, 0.2) is 85.1 Å². The number of amides is 1. The molecule has 14 nitrogen and oxygen atoms in total. The summed E-state index contributed by atoms with van der Waals surface area (Å²) in [5.74, 6) is -0.214. The predicted molar refractivity (Wildman–Crippen MR) is 313 cm³/mol. The normalized spacial score (nSPS) is 25.2. The first-order valence-electron chi connectivity index (χ1n) is 30.8. The molecule has 0 aromatic heterocycles. The summed E-state index contributed by atoms with van der Waals surface area (Å²) in [6, 6.07) is -0.831. The first-order valence-corrected chi connectivity index (χ1v) is 30.8. The maximum absolute atomic E-state index is 13.2. The van der Waals surface area contributed by atoms with Crippen LogP contribution in [-0.4, -0.2) is 140 Å². The van der Waals surface area contributed by atoms with Gasteiger partial charge in [0.05, 0.1) is 32.0 Å². The van der Waals surface area contributed by atoms with E-state index in [0.717, 1.165) is 103 Å². The number of carbonyl (C=O) groups is 1. The molecule has 78 heavy (non-hydrogen) atoms. The largest absolute Gasteiger partial charge is 0.394 e. The third-order valence-corrected chi connectivity index (χ3v) is 14.6. The van der Waals surface area contributed by atoms with Gasteiger partial charge in [0.1, 0.15) is 48.8 Å². The molecule has 1 amide bonds. The Morgan fingerprint density at radius 3 is 1.36 bits per heavy atom. The van der Waals surface area contributed by atoms with Crippen LogP contribution in [0.25, 0.3) is 0 Å². The van der Waals surface area contributed by atoms with E-state index in [1.807, 2.05) is 0 Å². The monoisotopic (exact) mass is 1100 g/mol. The lowest BCUT2D eigenvalue weighted by atomic mass is 9.97. The summed E-state index contributed by atoms with van der Waals surface area (Å²) in [7, 11) is 0. The van der Waals surface area contributed by atoms with Crippen LogP contribution in [0.4, 0.5) is 0 Å². The standard InChI is InChI=1S/C64H111NO13/c1-3-5-7-9-11-13-14-15-16-17-18-19-20-21-22-23-24-25-26-27-28-29-30-31-32-33-34-35-36-37-38-40-42-44-46-48-56(69)65-52(53(68)47-45-43-41-39-12-10-8-6-4-2)51-75-63-61(74)59(72)62(55(50-67)77-63)78-64-60(73)58(71)57(70)54(49-66)76-64/h5,7,11,13,15-16,18-19,21-22,24-25,27-28,52-55,57-64,66-68,70-74H,3-4,6,8-10,12,14,17,20,23,26,29-51H2,1-2H3,(H,65,69)/b7-5-,13-11-,16-15-,19-18-,22-21-,25-24-,28-27-. The van der Waals surface area contributed by atoms with Crippen LogP contribution in [0, 0.1) is 0 Å². The van der Waals surface area contributed by atoms with Gasteiger partial charge in [-0.25, -0.2) is 0 Å². The number of aliphatic hydroxyl groups excluding tert-OH is 8. The van der Waals surface area contributed by atoms with Crippen LogP contribution in [0.2, 0.25) is 0 Å². The van der Waals surface area contributed by atoms with E-state index in [1.54, 1.807) is 0 Å². The molecule has 2 heterocycles. The highest BCUT2D eigenvalue weighted by Gasteiger charge is 2.51. The Morgan fingerprint density at radius 1 is 0.474 bits per heavy atom. The minimum atomic E-state index is -1.78. The smallest absolute Gasteiger partial charge is 0.220 e. The summed E-state index contributed by atoms with van der Waals surface area (Å²) in [6.45, 7) is 2.70. The van der Waals surface area contributed by atoms with Gasteiger partial charge in [-0.3, -0.25) is 4.79 Å². The number of ether oxygens (including phenoxy) is 4. The lowest BCUT2D eigenvalue weighted by molar-refractivity contribution is -0.359. The van der Waals surface area contributed by atoms with Gasteiger partial charge >= 0.3 is 0 Å². The van der Waals surface area contributed by atoms with Gasteiger partial charge in [-0.2, -0.15) is 0 Å². The molecule has 12 unspecified atom stereocenters. The molecule has 0 saturated carbocycles. The van der Waals surface area contributed by atoms with Crippen LogP contribution in [0.5, 0.6) is 0 Å². The van der Waals surface area contributed by atoms with E-state index in [1.165, 1.54) is 89.9 Å². The van der Waals surface area contributed by atoms with Gasteiger partial charge in [-0.1, -0.05) is 227 Å². The van der Waals surface area contributed by atoms with Gasteiger partial charge in [-0.05, 0) is 70.6 Å². The fourth-order valence-corrected chi connectivity index (χ4v) is 9.69. The van der Waals surface area contributed by atoms with Gasteiger partial charge in [0.15, 0.2) is 12.6 Å². The third-order valence-electron chi connectivity index (χ3n) is 14.6. The zero-order chi connectivity index (χ0) is 56.7. The lowest BCUT2D eigenvalue weighted by Crippen LogP contribution is -2.65. The zero-order valence-corrected chi connectivity index (χ0v) is 48.4. The van der Waals surface area contributed by atoms with Gasteiger partial charge in [0, 0.05) is 6.42 Å². The number of hydrogen-bond donors (Lipinski definition) is 9. The van der Waals surface area contributed by atoms with Crippen molar-refractivity contribution in [1.29, 1.82) is 0 Å². The Hall–Kier alpha value is -2.83. The Labute approximate surface area is 471 Å². The summed E-state index contributed by atoms with van der Waals surface area (Å²) >= 11 is 0. The van der Waals surface area contributed by atoms with Crippen molar-refractivity contribution in [2.45, 2.75) is 293 Å². The molecule has 9 N–H and O–H groups in total. The fourth-order valence-electron chi connectivity index (χ4n) is 9.69. The molecule has 2 saturated heterocycles. The van der Waals surface area contributed by atoms with E-state index in [9.17, 15) is 45.6 Å². The molecule has 0 aromatic carbocycles. The van der Waals surface area contributed by atoms with E-state index >= 15 is 0 Å². The molecular weight excluding hydrogens is 991 g/mol. The Morgan fingerprint density at radius 2 is 0.885 bits per heavy atom.